The lowest BCUT2D eigenvalue weighted by atomic mass is 10.2. The number of nitrogens with one attached hydrogen (secondary N) is 2. The highest BCUT2D eigenvalue weighted by Gasteiger charge is 2.30. The molecule has 1 fully saturated rings. The monoisotopic (exact) mass is 513 g/mol. The topological polar surface area (TPSA) is 135 Å². The Morgan fingerprint density at radius 2 is 2.00 bits per heavy atom. The summed E-state index contributed by atoms with van der Waals surface area (Å²) in [6, 6.07) is 7.02. The molecule has 3 N–H and O–H groups in total. The fraction of sp³-hybridized carbons (Fsp3) is 0.375. The van der Waals surface area contributed by atoms with Gasteiger partial charge >= 0.3 is 0 Å². The van der Waals surface area contributed by atoms with Crippen molar-refractivity contribution in [2.45, 2.75) is 32.0 Å². The maximum absolute atomic E-state index is 13.3. The molecule has 1 aromatic carbocycles. The van der Waals surface area contributed by atoms with Crippen LogP contribution in [0.25, 0.3) is 0 Å². The van der Waals surface area contributed by atoms with Gasteiger partial charge in [-0.05, 0) is 36.6 Å². The van der Waals surface area contributed by atoms with Crippen LogP contribution < -0.4 is 25.0 Å². The number of carbonyl (C=O) groups is 1. The lowest BCUT2D eigenvalue weighted by Crippen LogP contribution is -2.34. The van der Waals surface area contributed by atoms with Crippen molar-refractivity contribution in [3.8, 4) is 11.6 Å². The number of carbonyl (C=O) groups excluding carboxylic acids is 1. The molecule has 1 aliphatic rings. The Hall–Kier alpha value is -3.70. The van der Waals surface area contributed by atoms with Crippen LogP contribution in [0.4, 0.5) is 11.8 Å². The smallest absolute Gasteiger partial charge is 0.260 e. The fourth-order valence-electron chi connectivity index (χ4n) is 4.00. The number of amides is 1. The summed E-state index contributed by atoms with van der Waals surface area (Å²) >= 11 is 6.28. The first kappa shape index (κ1) is 25.4. The Morgan fingerprint density at radius 1 is 1.19 bits per heavy atom. The molecule has 11 nitrogen and oxygen atoms in total. The maximum atomic E-state index is 13.3. The highest BCUT2D eigenvalue weighted by molar-refractivity contribution is 6.32. The number of methoxy groups -OCH3 is 2. The minimum atomic E-state index is -0.443. The molecule has 12 heteroatoms. The van der Waals surface area contributed by atoms with Crippen molar-refractivity contribution >= 4 is 29.3 Å². The first-order chi connectivity index (χ1) is 17.5. The molecule has 0 saturated carbocycles. The van der Waals surface area contributed by atoms with Gasteiger partial charge in [0, 0.05) is 25.5 Å². The summed E-state index contributed by atoms with van der Waals surface area (Å²) in [6.45, 7) is 1.13. The summed E-state index contributed by atoms with van der Waals surface area (Å²) in [7, 11) is 3.00. The van der Waals surface area contributed by atoms with Crippen molar-refractivity contribution in [3.05, 3.63) is 58.6 Å². The molecule has 2 aromatic heterocycles. The lowest BCUT2D eigenvalue weighted by molar-refractivity contribution is 0.0946. The molecule has 36 heavy (non-hydrogen) atoms. The predicted octanol–water partition coefficient (Wildman–Crippen LogP) is 2.44. The number of ether oxygens (including phenoxy) is 2. The number of anilines is 2. The molecule has 0 radical (unpaired) electrons. The molecule has 1 amide bonds. The van der Waals surface area contributed by atoms with Crippen LogP contribution in [-0.4, -0.2) is 64.4 Å². The quantitative estimate of drug-likeness (QED) is 0.371. The fourth-order valence-corrected chi connectivity index (χ4v) is 4.28. The van der Waals surface area contributed by atoms with Crippen molar-refractivity contribution in [1.29, 1.82) is 0 Å². The number of aliphatic hydroxyl groups is 1. The molecule has 4 rings (SSSR count). The van der Waals surface area contributed by atoms with E-state index in [2.05, 4.69) is 30.6 Å². The van der Waals surface area contributed by atoms with Gasteiger partial charge in [-0.3, -0.25) is 4.79 Å². The predicted molar refractivity (Wildman–Crippen MR) is 135 cm³/mol. The van der Waals surface area contributed by atoms with E-state index in [1.807, 2.05) is 11.0 Å². The third-order valence-electron chi connectivity index (χ3n) is 5.83. The van der Waals surface area contributed by atoms with E-state index in [0.717, 1.165) is 18.4 Å². The Balaban J connectivity index is 1.65. The highest BCUT2D eigenvalue weighted by Crippen LogP contribution is 2.31. The summed E-state index contributed by atoms with van der Waals surface area (Å²) in [6.07, 6.45) is 4.94. The molecule has 1 aliphatic heterocycles. The third-order valence-corrected chi connectivity index (χ3v) is 6.13. The summed E-state index contributed by atoms with van der Waals surface area (Å²) in [5, 5.41) is 16.3. The van der Waals surface area contributed by atoms with E-state index in [1.165, 1.54) is 7.11 Å². The number of hydrogen-bond donors (Lipinski definition) is 3. The molecule has 3 heterocycles. The number of aromatic nitrogens is 4. The summed E-state index contributed by atoms with van der Waals surface area (Å²) in [4.78, 5) is 32.6. The number of benzene rings is 1. The van der Waals surface area contributed by atoms with Crippen LogP contribution in [0.15, 0.2) is 36.7 Å². The highest BCUT2D eigenvalue weighted by atomic mass is 35.5. The SMILES string of the molecule is COc1ccc(CNc2nc(N3CCCC3CO)nc(OC)c2C(=O)NCc2ncccn2)cc1Cl. The molecular weight excluding hydrogens is 486 g/mol. The lowest BCUT2D eigenvalue weighted by Gasteiger charge is -2.25. The molecular formula is C24H28ClN7O4. The zero-order valence-corrected chi connectivity index (χ0v) is 20.8. The standard InChI is InChI=1S/C24H28ClN7O4/c1-35-18-7-6-15(11-17(18)25)12-28-21-20(22(34)29-13-19-26-8-4-9-27-19)23(36-2)31-24(30-21)32-10-3-5-16(32)14-33/h4,6-9,11,16,33H,3,5,10,12-14H2,1-2H3,(H,29,34)(H,28,30,31). The minimum absolute atomic E-state index is 0.0158. The largest absolute Gasteiger partial charge is 0.495 e. The van der Waals surface area contributed by atoms with Gasteiger partial charge in [0.25, 0.3) is 5.91 Å². The van der Waals surface area contributed by atoms with Gasteiger partial charge in [0.05, 0.1) is 38.4 Å². The number of halogens is 1. The van der Waals surface area contributed by atoms with Crippen LogP contribution in [0, 0.1) is 0 Å². The molecule has 0 aliphatic carbocycles. The van der Waals surface area contributed by atoms with Crippen molar-refractivity contribution in [3.63, 3.8) is 0 Å². The molecule has 3 aromatic rings. The van der Waals surface area contributed by atoms with Crippen LogP contribution in [0.1, 0.15) is 34.6 Å². The number of rotatable bonds is 10. The van der Waals surface area contributed by atoms with Gasteiger partial charge in [0.15, 0.2) is 0 Å². The summed E-state index contributed by atoms with van der Waals surface area (Å²) in [5.41, 5.74) is 1.01. The molecule has 1 saturated heterocycles. The summed E-state index contributed by atoms with van der Waals surface area (Å²) < 4.78 is 10.7. The van der Waals surface area contributed by atoms with Crippen LogP contribution in [-0.2, 0) is 13.1 Å². The van der Waals surface area contributed by atoms with Gasteiger partial charge in [0.2, 0.25) is 11.8 Å². The van der Waals surface area contributed by atoms with E-state index >= 15 is 0 Å². The van der Waals surface area contributed by atoms with Crippen LogP contribution in [0.5, 0.6) is 11.6 Å². The maximum Gasteiger partial charge on any atom is 0.260 e. The second kappa shape index (κ2) is 11.8. The Labute approximate surface area is 213 Å². The van der Waals surface area contributed by atoms with E-state index in [4.69, 9.17) is 21.1 Å². The second-order valence-corrected chi connectivity index (χ2v) is 8.51. The van der Waals surface area contributed by atoms with Crippen molar-refractivity contribution in [1.82, 2.24) is 25.3 Å². The normalized spacial score (nSPS) is 15.0. The number of hydrogen-bond acceptors (Lipinski definition) is 10. The van der Waals surface area contributed by atoms with Gasteiger partial charge in [-0.1, -0.05) is 17.7 Å². The molecule has 1 unspecified atom stereocenters. The first-order valence-corrected chi connectivity index (χ1v) is 11.9. The van der Waals surface area contributed by atoms with Gasteiger partial charge < -0.3 is 30.1 Å². The van der Waals surface area contributed by atoms with E-state index in [0.29, 0.717) is 41.5 Å². The Kier molecular flexibility index (Phi) is 8.34. The van der Waals surface area contributed by atoms with E-state index < -0.39 is 5.91 Å². The zero-order chi connectivity index (χ0) is 25.5. The molecule has 190 valence electrons. The van der Waals surface area contributed by atoms with Crippen LogP contribution in [0.3, 0.4) is 0 Å². The van der Waals surface area contributed by atoms with Gasteiger partial charge in [0.1, 0.15) is 23.0 Å². The molecule has 0 spiro atoms. The second-order valence-electron chi connectivity index (χ2n) is 8.10. The number of nitrogens with zero attached hydrogens (tertiary/aromatic N) is 5. The summed E-state index contributed by atoms with van der Waals surface area (Å²) in [5.74, 6) is 1.37. The Bertz CT molecular complexity index is 1200. The minimum Gasteiger partial charge on any atom is -0.495 e. The van der Waals surface area contributed by atoms with Gasteiger partial charge in [-0.15, -0.1) is 0 Å². The molecule has 0 bridgehead atoms. The van der Waals surface area contributed by atoms with Crippen molar-refractivity contribution < 1.29 is 19.4 Å². The zero-order valence-electron chi connectivity index (χ0n) is 20.1. The van der Waals surface area contributed by atoms with E-state index in [-0.39, 0.29) is 30.6 Å². The third kappa shape index (κ3) is 5.74. The average Bonchev–Trinajstić information content (AvgIpc) is 3.39. The van der Waals surface area contributed by atoms with E-state index in [1.54, 1.807) is 37.7 Å². The van der Waals surface area contributed by atoms with Crippen molar-refractivity contribution in [2.24, 2.45) is 0 Å². The van der Waals surface area contributed by atoms with E-state index in [9.17, 15) is 9.90 Å². The Morgan fingerprint density at radius 3 is 2.69 bits per heavy atom. The number of aliphatic hydroxyl groups excluding tert-OH is 1. The molecule has 1 atom stereocenters. The van der Waals surface area contributed by atoms with Crippen LogP contribution >= 0.6 is 11.6 Å². The van der Waals surface area contributed by atoms with Gasteiger partial charge in [-0.2, -0.15) is 9.97 Å². The van der Waals surface area contributed by atoms with Gasteiger partial charge in [-0.25, -0.2) is 9.97 Å². The average molecular weight is 514 g/mol. The first-order valence-electron chi connectivity index (χ1n) is 11.5. The van der Waals surface area contributed by atoms with Crippen molar-refractivity contribution in [2.75, 3.05) is 37.6 Å². The van der Waals surface area contributed by atoms with Crippen LogP contribution in [0.2, 0.25) is 5.02 Å².